The zero-order valence-corrected chi connectivity index (χ0v) is 38.8. The van der Waals surface area contributed by atoms with Gasteiger partial charge < -0.3 is 13.4 Å². The summed E-state index contributed by atoms with van der Waals surface area (Å²) in [6.45, 7) is 2.32. The Morgan fingerprint density at radius 3 is 1.76 bits per heavy atom. The van der Waals surface area contributed by atoms with Crippen LogP contribution in [0, 0.1) is 5.92 Å². The molecular formula is C66H43N3O2. The molecule has 0 saturated heterocycles. The summed E-state index contributed by atoms with van der Waals surface area (Å²) < 4.78 is 16.4. The van der Waals surface area contributed by atoms with Crippen LogP contribution >= 0.6 is 0 Å². The van der Waals surface area contributed by atoms with Gasteiger partial charge in [-0.1, -0.05) is 171 Å². The molecule has 15 rings (SSSR count). The van der Waals surface area contributed by atoms with Crippen LogP contribution in [0.2, 0.25) is 0 Å². The molecule has 1 unspecified atom stereocenters. The first-order chi connectivity index (χ1) is 35.1. The van der Waals surface area contributed by atoms with Crippen LogP contribution in [0.15, 0.2) is 237 Å². The standard InChI is InChI=1S/C66H43N3O2/c1-39-32-57(67-66(53-24-13-23-51-50-22-11-12-25-61(50)70-64(51)53)68-62(39)43-28-26-41(27-29-43)40-14-3-2-4-15-40)48-35-56-52-31-30-42-16-9-10-21-49(42)63(52)71-65(56)60(38-48)69-58-36-46-19-7-5-17-44(46)33-54(58)55-34-45-18-6-8-20-47(45)37-59(55)69/h2-31,33-39,62H,32H2,1H3/t39-,62?/m1/s1. The van der Waals surface area contributed by atoms with Crippen molar-refractivity contribution in [1.29, 1.82) is 0 Å². The largest absolute Gasteiger partial charge is 0.455 e. The van der Waals surface area contributed by atoms with Crippen LogP contribution in [0.3, 0.4) is 0 Å². The van der Waals surface area contributed by atoms with Crippen LogP contribution < -0.4 is 0 Å². The maximum absolute atomic E-state index is 7.27. The minimum atomic E-state index is -0.182. The smallest absolute Gasteiger partial charge is 0.159 e. The van der Waals surface area contributed by atoms with Crippen molar-refractivity contribution in [3.05, 3.63) is 235 Å². The second kappa shape index (κ2) is 15.5. The first-order valence-electron chi connectivity index (χ1n) is 24.5. The number of amidine groups is 1. The lowest BCUT2D eigenvalue weighted by Crippen LogP contribution is -2.12. The van der Waals surface area contributed by atoms with Gasteiger partial charge in [-0.05, 0) is 116 Å². The van der Waals surface area contributed by atoms with Crippen molar-refractivity contribution in [1.82, 2.24) is 4.57 Å². The fourth-order valence-electron chi connectivity index (χ4n) is 11.6. The Hall–Kier alpha value is -9.06. The van der Waals surface area contributed by atoms with Crippen molar-refractivity contribution in [2.75, 3.05) is 0 Å². The molecule has 0 aliphatic carbocycles. The van der Waals surface area contributed by atoms with Crippen LogP contribution in [0.25, 0.3) is 115 Å². The topological polar surface area (TPSA) is 55.9 Å². The number of rotatable bonds is 5. The molecule has 0 fully saturated rings. The highest BCUT2D eigenvalue weighted by Gasteiger charge is 2.29. The van der Waals surface area contributed by atoms with E-state index < -0.39 is 0 Å². The van der Waals surface area contributed by atoms with Gasteiger partial charge >= 0.3 is 0 Å². The Labute approximate surface area is 408 Å². The Kier molecular flexibility index (Phi) is 8.69. The van der Waals surface area contributed by atoms with Crippen LogP contribution in [0.4, 0.5) is 0 Å². The van der Waals surface area contributed by atoms with Gasteiger partial charge in [-0.3, -0.25) is 4.99 Å². The third kappa shape index (κ3) is 6.26. The number of nitrogens with zero attached hydrogens (tertiary/aromatic N) is 3. The monoisotopic (exact) mass is 909 g/mol. The van der Waals surface area contributed by atoms with Gasteiger partial charge in [-0.2, -0.15) is 0 Å². The summed E-state index contributed by atoms with van der Waals surface area (Å²) >= 11 is 0. The first-order valence-corrected chi connectivity index (χ1v) is 24.5. The molecule has 11 aromatic carbocycles. The average molecular weight is 910 g/mol. The summed E-state index contributed by atoms with van der Waals surface area (Å²) in [6, 6.07) is 78.3. The van der Waals surface area contributed by atoms with Gasteiger partial charge in [0.2, 0.25) is 0 Å². The molecule has 0 saturated carbocycles. The van der Waals surface area contributed by atoms with Crippen molar-refractivity contribution in [2.24, 2.45) is 15.9 Å². The highest BCUT2D eigenvalue weighted by molar-refractivity contribution is 6.23. The summed E-state index contributed by atoms with van der Waals surface area (Å²) in [5.74, 6) is 0.740. The third-order valence-electron chi connectivity index (χ3n) is 15.1. The Bertz CT molecular complexity index is 4480. The van der Waals surface area contributed by atoms with Gasteiger partial charge in [0.25, 0.3) is 0 Å². The van der Waals surface area contributed by atoms with Crippen LogP contribution in [-0.4, -0.2) is 16.1 Å². The molecule has 0 radical (unpaired) electrons. The highest BCUT2D eigenvalue weighted by atomic mass is 16.3. The lowest BCUT2D eigenvalue weighted by molar-refractivity contribution is 0.493. The normalized spacial score (nSPS) is 15.5. The fourth-order valence-corrected chi connectivity index (χ4v) is 11.6. The predicted octanol–water partition coefficient (Wildman–Crippen LogP) is 17.7. The molecule has 1 aliphatic heterocycles. The van der Waals surface area contributed by atoms with E-state index in [0.29, 0.717) is 12.3 Å². The molecule has 2 atom stereocenters. The van der Waals surface area contributed by atoms with Crippen molar-refractivity contribution in [2.45, 2.75) is 19.4 Å². The first kappa shape index (κ1) is 39.9. The van der Waals surface area contributed by atoms with E-state index in [2.05, 4.69) is 218 Å². The van der Waals surface area contributed by atoms with Crippen molar-refractivity contribution < 1.29 is 8.83 Å². The van der Waals surface area contributed by atoms with Crippen LogP contribution in [-0.2, 0) is 0 Å². The Morgan fingerprint density at radius 2 is 1.03 bits per heavy atom. The van der Waals surface area contributed by atoms with E-state index in [4.69, 9.17) is 18.8 Å². The summed E-state index contributed by atoms with van der Waals surface area (Å²) in [6.07, 6.45) is 0.681. The summed E-state index contributed by atoms with van der Waals surface area (Å²) in [4.78, 5) is 11.4. The molecule has 1 aliphatic rings. The lowest BCUT2D eigenvalue weighted by atomic mass is 9.88. The summed E-state index contributed by atoms with van der Waals surface area (Å²) in [5.41, 5.74) is 12.9. The second-order valence-electron chi connectivity index (χ2n) is 19.3. The van der Waals surface area contributed by atoms with Gasteiger partial charge in [0.1, 0.15) is 16.7 Å². The molecule has 4 heterocycles. The van der Waals surface area contributed by atoms with Gasteiger partial charge in [0, 0.05) is 37.7 Å². The zero-order valence-electron chi connectivity index (χ0n) is 38.8. The number of aliphatic imine (C=N–C) groups is 2. The van der Waals surface area contributed by atoms with E-state index in [9.17, 15) is 0 Å². The number of benzene rings is 11. The number of aromatic nitrogens is 1. The SMILES string of the molecule is C[C@@H]1CC(c2cc(-n3c4cc5ccccc5cc4c4cc5ccccc5cc43)c3oc4c5ccccc5ccc4c3c2)=NC(c2cccc3c2oc2ccccc23)=NC1c1ccc(-c2ccccc2)cc1. The molecule has 5 nitrogen and oxygen atoms in total. The maximum Gasteiger partial charge on any atom is 0.159 e. The molecule has 0 bridgehead atoms. The van der Waals surface area contributed by atoms with Gasteiger partial charge in [-0.15, -0.1) is 0 Å². The maximum atomic E-state index is 7.27. The molecule has 71 heavy (non-hydrogen) atoms. The lowest BCUT2D eigenvalue weighted by Gasteiger charge is -2.20. The number of furan rings is 2. The molecule has 3 aromatic heterocycles. The Morgan fingerprint density at radius 1 is 0.423 bits per heavy atom. The second-order valence-corrected chi connectivity index (χ2v) is 19.3. The molecular weight excluding hydrogens is 867 g/mol. The van der Waals surface area contributed by atoms with E-state index in [1.807, 2.05) is 12.1 Å². The van der Waals surface area contributed by atoms with Gasteiger partial charge in [0.15, 0.2) is 11.4 Å². The minimum absolute atomic E-state index is 0.0823. The number of hydrogen-bond acceptors (Lipinski definition) is 4. The summed E-state index contributed by atoms with van der Waals surface area (Å²) in [5, 5.41) is 13.6. The number of para-hydroxylation sites is 2. The highest BCUT2D eigenvalue weighted by Crippen LogP contribution is 2.44. The minimum Gasteiger partial charge on any atom is -0.455 e. The Balaban J connectivity index is 1.01. The molecule has 14 aromatic rings. The molecule has 0 amide bonds. The average Bonchev–Trinajstić information content (AvgIpc) is 4.06. The quantitative estimate of drug-likeness (QED) is 0.173. The third-order valence-corrected chi connectivity index (χ3v) is 15.1. The van der Waals surface area contributed by atoms with Crippen molar-refractivity contribution in [3.63, 3.8) is 0 Å². The van der Waals surface area contributed by atoms with Gasteiger partial charge in [0.05, 0.1) is 34.0 Å². The molecule has 0 spiro atoms. The van der Waals surface area contributed by atoms with E-state index in [0.717, 1.165) is 93.8 Å². The van der Waals surface area contributed by atoms with Crippen molar-refractivity contribution in [3.8, 4) is 16.8 Å². The molecule has 5 heteroatoms. The van der Waals surface area contributed by atoms with Crippen molar-refractivity contribution >= 4 is 110 Å². The molecule has 0 N–H and O–H groups in total. The fraction of sp³-hybridized carbons (Fsp3) is 0.0606. The molecule has 334 valence electrons. The number of fused-ring (bicyclic) bond motifs is 13. The van der Waals surface area contributed by atoms with Crippen LogP contribution in [0.1, 0.15) is 36.1 Å². The van der Waals surface area contributed by atoms with Gasteiger partial charge in [-0.25, -0.2) is 4.99 Å². The summed E-state index contributed by atoms with van der Waals surface area (Å²) in [7, 11) is 0. The van der Waals surface area contributed by atoms with Crippen LogP contribution in [0.5, 0.6) is 0 Å². The van der Waals surface area contributed by atoms with E-state index in [1.54, 1.807) is 0 Å². The predicted molar refractivity (Wildman–Crippen MR) is 296 cm³/mol. The number of hydrogen-bond donors (Lipinski definition) is 0. The van der Waals surface area contributed by atoms with E-state index in [1.165, 1.54) is 43.4 Å². The van der Waals surface area contributed by atoms with E-state index >= 15 is 0 Å². The van der Waals surface area contributed by atoms with E-state index in [-0.39, 0.29) is 12.0 Å². The zero-order chi connectivity index (χ0) is 46.7.